The van der Waals surface area contributed by atoms with Gasteiger partial charge >= 0.3 is 0 Å². The van der Waals surface area contributed by atoms with Gasteiger partial charge in [-0.1, -0.05) is 42.5 Å². The molecule has 2 fully saturated rings. The Morgan fingerprint density at radius 1 is 0.744 bits per heavy atom. The van der Waals surface area contributed by atoms with Gasteiger partial charge in [-0.25, -0.2) is 28.7 Å². The fourth-order valence-corrected chi connectivity index (χ4v) is 4.90. The summed E-state index contributed by atoms with van der Waals surface area (Å²) in [5, 5.41) is 3.22. The van der Waals surface area contributed by atoms with Gasteiger partial charge < -0.3 is 15.1 Å². The Labute approximate surface area is 225 Å². The Bertz CT molecular complexity index is 1390. The maximum atomic E-state index is 13.1. The highest BCUT2D eigenvalue weighted by Gasteiger charge is 2.43. The molecule has 39 heavy (non-hydrogen) atoms. The first kappa shape index (κ1) is 25.1. The first-order chi connectivity index (χ1) is 19.0. The number of likely N-dealkylation sites (tertiary alicyclic amines) is 1. The van der Waals surface area contributed by atoms with Gasteiger partial charge in [0.05, 0.1) is 13.1 Å². The van der Waals surface area contributed by atoms with Crippen molar-refractivity contribution in [3.8, 4) is 0 Å². The fourth-order valence-electron chi connectivity index (χ4n) is 4.90. The van der Waals surface area contributed by atoms with Crippen LogP contribution in [0.15, 0.2) is 73.3 Å². The molecule has 2 aliphatic heterocycles. The normalized spacial score (nSPS) is 17.1. The molecule has 0 amide bonds. The molecule has 2 saturated heterocycles. The zero-order valence-electron chi connectivity index (χ0n) is 21.4. The molecule has 11 heteroatoms. The first-order valence-corrected chi connectivity index (χ1v) is 13.0. The standard InChI is InChI=1S/C28H29F2N9/c29-28(30)18-37(19-28)17-22-7-4-8-24(14-22)35-25-33-20-34-27(36-25)39-11-9-38(10-12-39)26-31-15-23(16-32-26)13-21-5-2-1-3-6-21/h1-8,14-16,20H,9-13,17-19H2,(H,33,34,35,36). The Hall–Kier alpha value is -4.25. The number of nitrogens with one attached hydrogen (secondary N) is 1. The Kier molecular flexibility index (Phi) is 6.97. The highest BCUT2D eigenvalue weighted by molar-refractivity contribution is 5.55. The zero-order valence-corrected chi connectivity index (χ0v) is 21.4. The predicted octanol–water partition coefficient (Wildman–Crippen LogP) is 3.77. The van der Waals surface area contributed by atoms with Crippen LogP contribution in [0.5, 0.6) is 0 Å². The third kappa shape index (κ3) is 6.26. The summed E-state index contributed by atoms with van der Waals surface area (Å²) in [6, 6.07) is 18.0. The molecule has 0 atom stereocenters. The minimum absolute atomic E-state index is 0.194. The van der Waals surface area contributed by atoms with Crippen LogP contribution in [0.2, 0.25) is 0 Å². The number of hydrogen-bond acceptors (Lipinski definition) is 9. The second-order valence-electron chi connectivity index (χ2n) is 9.96. The van der Waals surface area contributed by atoms with E-state index in [0.29, 0.717) is 18.4 Å². The number of anilines is 4. The number of piperazine rings is 1. The summed E-state index contributed by atoms with van der Waals surface area (Å²) >= 11 is 0. The van der Waals surface area contributed by atoms with Crippen molar-refractivity contribution in [1.82, 2.24) is 29.8 Å². The minimum Gasteiger partial charge on any atom is -0.337 e. The van der Waals surface area contributed by atoms with E-state index in [0.717, 1.165) is 55.4 Å². The average Bonchev–Trinajstić information content (AvgIpc) is 2.94. The van der Waals surface area contributed by atoms with Crippen LogP contribution >= 0.6 is 0 Å². The molecule has 4 aromatic rings. The van der Waals surface area contributed by atoms with Crippen LogP contribution in [0.4, 0.5) is 32.3 Å². The predicted molar refractivity (Wildman–Crippen MR) is 145 cm³/mol. The molecule has 2 aromatic heterocycles. The van der Waals surface area contributed by atoms with E-state index in [9.17, 15) is 8.78 Å². The summed E-state index contributed by atoms with van der Waals surface area (Å²) in [5.41, 5.74) is 4.08. The van der Waals surface area contributed by atoms with E-state index in [2.05, 4.69) is 52.2 Å². The van der Waals surface area contributed by atoms with Gasteiger partial charge in [0, 0.05) is 57.2 Å². The number of alkyl halides is 2. The molecule has 2 aliphatic rings. The lowest BCUT2D eigenvalue weighted by Crippen LogP contribution is -2.55. The molecule has 4 heterocycles. The van der Waals surface area contributed by atoms with Crippen molar-refractivity contribution in [2.75, 3.05) is 54.4 Å². The van der Waals surface area contributed by atoms with E-state index in [-0.39, 0.29) is 13.1 Å². The molecule has 1 N–H and O–H groups in total. The third-order valence-corrected chi connectivity index (χ3v) is 6.85. The second-order valence-corrected chi connectivity index (χ2v) is 9.96. The van der Waals surface area contributed by atoms with Gasteiger partial charge in [-0.3, -0.25) is 4.90 Å². The van der Waals surface area contributed by atoms with Gasteiger partial charge in [0.2, 0.25) is 17.8 Å². The summed E-state index contributed by atoms with van der Waals surface area (Å²) < 4.78 is 26.3. The van der Waals surface area contributed by atoms with Gasteiger partial charge in [0.1, 0.15) is 6.33 Å². The largest absolute Gasteiger partial charge is 0.337 e. The summed E-state index contributed by atoms with van der Waals surface area (Å²) in [5.74, 6) is -0.799. The molecule has 200 valence electrons. The lowest BCUT2D eigenvalue weighted by molar-refractivity contribution is -0.133. The van der Waals surface area contributed by atoms with Crippen molar-refractivity contribution in [2.24, 2.45) is 0 Å². The average molecular weight is 530 g/mol. The number of rotatable bonds is 8. The molecule has 9 nitrogen and oxygen atoms in total. The monoisotopic (exact) mass is 529 g/mol. The van der Waals surface area contributed by atoms with E-state index < -0.39 is 5.92 Å². The Morgan fingerprint density at radius 3 is 2.15 bits per heavy atom. The van der Waals surface area contributed by atoms with Crippen molar-refractivity contribution in [3.05, 3.63) is 90.0 Å². The van der Waals surface area contributed by atoms with Crippen molar-refractivity contribution in [1.29, 1.82) is 0 Å². The van der Waals surface area contributed by atoms with Crippen molar-refractivity contribution < 1.29 is 8.78 Å². The molecule has 0 aliphatic carbocycles. The van der Waals surface area contributed by atoms with Gasteiger partial charge in [-0.15, -0.1) is 0 Å². The SMILES string of the molecule is FC1(F)CN(Cc2cccc(Nc3ncnc(N4CCN(c5ncc(Cc6ccccc6)cn5)CC4)n3)c2)C1. The summed E-state index contributed by atoms with van der Waals surface area (Å²) in [6.07, 6.45) is 6.11. The van der Waals surface area contributed by atoms with E-state index in [1.165, 1.54) is 11.9 Å². The lowest BCUT2D eigenvalue weighted by Gasteiger charge is -2.38. The maximum absolute atomic E-state index is 13.1. The third-order valence-electron chi connectivity index (χ3n) is 6.85. The molecule has 0 saturated carbocycles. The molecule has 2 aromatic carbocycles. The van der Waals surface area contributed by atoms with Gasteiger partial charge in [0.25, 0.3) is 5.92 Å². The number of hydrogen-bond donors (Lipinski definition) is 1. The topological polar surface area (TPSA) is 86.2 Å². The van der Waals surface area contributed by atoms with Gasteiger partial charge in [-0.2, -0.15) is 4.98 Å². The van der Waals surface area contributed by atoms with E-state index >= 15 is 0 Å². The van der Waals surface area contributed by atoms with Crippen LogP contribution in [-0.4, -0.2) is 75.0 Å². The van der Waals surface area contributed by atoms with Crippen LogP contribution in [0, 0.1) is 0 Å². The lowest BCUT2D eigenvalue weighted by atomic mass is 10.1. The van der Waals surface area contributed by atoms with Crippen molar-refractivity contribution in [3.63, 3.8) is 0 Å². The Morgan fingerprint density at radius 2 is 1.44 bits per heavy atom. The fraction of sp³-hybridized carbons (Fsp3) is 0.321. The number of aromatic nitrogens is 5. The molecule has 0 spiro atoms. The van der Waals surface area contributed by atoms with Crippen LogP contribution < -0.4 is 15.1 Å². The maximum Gasteiger partial charge on any atom is 0.272 e. The summed E-state index contributed by atoms with van der Waals surface area (Å²) in [4.78, 5) is 28.5. The van der Waals surface area contributed by atoms with Crippen LogP contribution in [0.1, 0.15) is 16.7 Å². The zero-order chi connectivity index (χ0) is 26.7. The molecule has 0 bridgehead atoms. The minimum atomic E-state index is -2.57. The summed E-state index contributed by atoms with van der Waals surface area (Å²) in [7, 11) is 0. The van der Waals surface area contributed by atoms with Gasteiger partial charge in [-0.05, 0) is 28.8 Å². The van der Waals surface area contributed by atoms with E-state index in [1.54, 1.807) is 4.90 Å². The molecular weight excluding hydrogens is 500 g/mol. The van der Waals surface area contributed by atoms with Crippen LogP contribution in [0.3, 0.4) is 0 Å². The first-order valence-electron chi connectivity index (χ1n) is 13.0. The Balaban J connectivity index is 1.03. The van der Waals surface area contributed by atoms with Crippen LogP contribution in [-0.2, 0) is 13.0 Å². The van der Waals surface area contributed by atoms with Crippen molar-refractivity contribution >= 4 is 23.5 Å². The number of nitrogens with zero attached hydrogens (tertiary/aromatic N) is 8. The molecule has 0 unspecified atom stereocenters. The molecule has 0 radical (unpaired) electrons. The molecule has 6 rings (SSSR count). The van der Waals surface area contributed by atoms with E-state index in [1.807, 2.05) is 54.9 Å². The second kappa shape index (κ2) is 10.9. The smallest absolute Gasteiger partial charge is 0.272 e. The highest BCUT2D eigenvalue weighted by atomic mass is 19.3. The number of benzene rings is 2. The quantitative estimate of drug-likeness (QED) is 0.367. The summed E-state index contributed by atoms with van der Waals surface area (Å²) in [6.45, 7) is 3.06. The highest BCUT2D eigenvalue weighted by Crippen LogP contribution is 2.28. The number of halogens is 2. The molecular formula is C28H29F2N9. The van der Waals surface area contributed by atoms with Gasteiger partial charge in [0.15, 0.2) is 0 Å². The van der Waals surface area contributed by atoms with Crippen LogP contribution in [0.25, 0.3) is 0 Å². The van der Waals surface area contributed by atoms with Crippen molar-refractivity contribution in [2.45, 2.75) is 18.9 Å². The van der Waals surface area contributed by atoms with E-state index in [4.69, 9.17) is 0 Å².